The first-order chi connectivity index (χ1) is 8.31. The number of hydrogen-bond donors (Lipinski definition) is 1. The Bertz CT molecular complexity index is 640. The van der Waals surface area contributed by atoms with E-state index in [-0.39, 0.29) is 0 Å². The van der Waals surface area contributed by atoms with E-state index in [1.54, 1.807) is 0 Å². The third-order valence-corrected chi connectivity index (χ3v) is 3.11. The van der Waals surface area contributed by atoms with Crippen molar-refractivity contribution in [2.75, 3.05) is 0 Å². The molecule has 0 radical (unpaired) electrons. The first-order valence-electron chi connectivity index (χ1n) is 5.62. The second-order valence-electron chi connectivity index (χ2n) is 4.19. The minimum atomic E-state index is 0.780. The van der Waals surface area contributed by atoms with Crippen LogP contribution >= 0.6 is 11.6 Å². The zero-order chi connectivity index (χ0) is 11.7. The van der Waals surface area contributed by atoms with Gasteiger partial charge in [-0.05, 0) is 29.8 Å². The number of aromatic amines is 1. The highest BCUT2D eigenvalue weighted by atomic mass is 35.5. The molecule has 3 aromatic rings. The number of fused-ring (bicyclic) bond motifs is 1. The topological polar surface area (TPSA) is 15.8 Å². The fourth-order valence-corrected chi connectivity index (χ4v) is 2.26. The summed E-state index contributed by atoms with van der Waals surface area (Å²) in [7, 11) is 0. The van der Waals surface area contributed by atoms with Gasteiger partial charge in [-0.15, -0.1) is 0 Å². The van der Waals surface area contributed by atoms with Crippen LogP contribution in [0.3, 0.4) is 0 Å². The van der Waals surface area contributed by atoms with Gasteiger partial charge in [-0.1, -0.05) is 41.9 Å². The molecule has 2 aromatic carbocycles. The highest BCUT2D eigenvalue weighted by Gasteiger charge is 2.02. The molecule has 1 N–H and O–H groups in total. The van der Waals surface area contributed by atoms with Gasteiger partial charge >= 0.3 is 0 Å². The lowest BCUT2D eigenvalue weighted by atomic mass is 10.1. The van der Waals surface area contributed by atoms with Crippen LogP contribution in [0.2, 0.25) is 5.02 Å². The Morgan fingerprint density at radius 2 is 1.76 bits per heavy atom. The molecule has 17 heavy (non-hydrogen) atoms. The molecule has 0 bridgehead atoms. The third kappa shape index (κ3) is 2.20. The minimum Gasteiger partial charge on any atom is -0.358 e. The number of halogens is 1. The number of benzene rings is 2. The Hall–Kier alpha value is -1.73. The normalized spacial score (nSPS) is 10.9. The fourth-order valence-electron chi connectivity index (χ4n) is 2.07. The van der Waals surface area contributed by atoms with Crippen LogP contribution in [0.4, 0.5) is 0 Å². The van der Waals surface area contributed by atoms with Crippen LogP contribution in [0.15, 0.2) is 54.6 Å². The lowest BCUT2D eigenvalue weighted by Crippen LogP contribution is -1.86. The van der Waals surface area contributed by atoms with Crippen molar-refractivity contribution >= 4 is 22.5 Å². The predicted octanol–water partition coefficient (Wildman–Crippen LogP) is 4.41. The van der Waals surface area contributed by atoms with Gasteiger partial charge in [0.2, 0.25) is 0 Å². The molecule has 1 heterocycles. The van der Waals surface area contributed by atoms with E-state index < -0.39 is 0 Å². The summed E-state index contributed by atoms with van der Waals surface area (Å²) in [6.45, 7) is 0. The summed E-state index contributed by atoms with van der Waals surface area (Å²) in [5, 5.41) is 1.95. The SMILES string of the molecule is Clc1ccc2[nH]c(Cc3ccccc3)cc2c1. The van der Waals surface area contributed by atoms with Crippen LogP contribution in [-0.4, -0.2) is 4.98 Å². The molecule has 0 atom stereocenters. The molecule has 0 saturated carbocycles. The maximum absolute atomic E-state index is 5.97. The molecular weight excluding hydrogens is 230 g/mol. The monoisotopic (exact) mass is 241 g/mol. The standard InChI is InChI=1S/C15H12ClN/c16-13-6-7-15-12(9-13)10-14(17-15)8-11-4-2-1-3-5-11/h1-7,9-10,17H,8H2. The van der Waals surface area contributed by atoms with Crippen LogP contribution < -0.4 is 0 Å². The molecule has 2 heteroatoms. The third-order valence-electron chi connectivity index (χ3n) is 2.88. The van der Waals surface area contributed by atoms with Crippen molar-refractivity contribution < 1.29 is 0 Å². The van der Waals surface area contributed by atoms with E-state index in [0.717, 1.165) is 17.0 Å². The van der Waals surface area contributed by atoms with E-state index in [2.05, 4.69) is 35.3 Å². The van der Waals surface area contributed by atoms with E-state index in [9.17, 15) is 0 Å². The van der Waals surface area contributed by atoms with E-state index in [0.29, 0.717) is 0 Å². The van der Waals surface area contributed by atoms with Gasteiger partial charge in [0.1, 0.15) is 0 Å². The molecule has 0 unspecified atom stereocenters. The molecular formula is C15H12ClN. The van der Waals surface area contributed by atoms with Gasteiger partial charge in [0.25, 0.3) is 0 Å². The Labute approximate surface area is 105 Å². The molecule has 0 spiro atoms. The number of rotatable bonds is 2. The average molecular weight is 242 g/mol. The van der Waals surface area contributed by atoms with Crippen molar-refractivity contribution in [1.29, 1.82) is 0 Å². The van der Waals surface area contributed by atoms with Crippen LogP contribution in [0.25, 0.3) is 10.9 Å². The first kappa shape index (κ1) is 10.4. The zero-order valence-electron chi connectivity index (χ0n) is 9.28. The fraction of sp³-hybridized carbons (Fsp3) is 0.0667. The van der Waals surface area contributed by atoms with Crippen molar-refractivity contribution in [3.63, 3.8) is 0 Å². The summed E-state index contributed by atoms with van der Waals surface area (Å²) in [5.41, 5.74) is 3.67. The maximum Gasteiger partial charge on any atom is 0.0457 e. The van der Waals surface area contributed by atoms with Gasteiger partial charge in [0.05, 0.1) is 0 Å². The second kappa shape index (κ2) is 4.27. The quantitative estimate of drug-likeness (QED) is 0.684. The van der Waals surface area contributed by atoms with E-state index in [4.69, 9.17) is 11.6 Å². The molecule has 0 saturated heterocycles. The Morgan fingerprint density at radius 1 is 0.941 bits per heavy atom. The molecule has 1 aromatic heterocycles. The van der Waals surface area contributed by atoms with Gasteiger partial charge in [0, 0.05) is 28.0 Å². The second-order valence-corrected chi connectivity index (χ2v) is 4.62. The van der Waals surface area contributed by atoms with Crippen molar-refractivity contribution in [2.45, 2.75) is 6.42 Å². The average Bonchev–Trinajstić information content (AvgIpc) is 2.71. The van der Waals surface area contributed by atoms with Gasteiger partial charge in [-0.25, -0.2) is 0 Å². The maximum atomic E-state index is 5.97. The molecule has 0 amide bonds. The lowest BCUT2D eigenvalue weighted by molar-refractivity contribution is 1.12. The van der Waals surface area contributed by atoms with Crippen molar-refractivity contribution in [2.24, 2.45) is 0 Å². The molecule has 1 nitrogen and oxygen atoms in total. The van der Waals surface area contributed by atoms with Crippen LogP contribution in [0.5, 0.6) is 0 Å². The van der Waals surface area contributed by atoms with E-state index in [1.807, 2.05) is 24.3 Å². The molecule has 84 valence electrons. The summed E-state index contributed by atoms with van der Waals surface area (Å²) in [4.78, 5) is 3.41. The summed E-state index contributed by atoms with van der Waals surface area (Å²) < 4.78 is 0. The Morgan fingerprint density at radius 3 is 2.59 bits per heavy atom. The van der Waals surface area contributed by atoms with Crippen molar-refractivity contribution in [3.8, 4) is 0 Å². The zero-order valence-corrected chi connectivity index (χ0v) is 10.0. The molecule has 0 aliphatic heterocycles. The predicted molar refractivity (Wildman–Crippen MR) is 72.6 cm³/mol. The highest BCUT2D eigenvalue weighted by Crippen LogP contribution is 2.21. The van der Waals surface area contributed by atoms with E-state index in [1.165, 1.54) is 16.6 Å². The number of aromatic nitrogens is 1. The first-order valence-corrected chi connectivity index (χ1v) is 6.00. The Balaban J connectivity index is 1.96. The Kier molecular flexibility index (Phi) is 2.62. The largest absolute Gasteiger partial charge is 0.358 e. The van der Waals surface area contributed by atoms with Gasteiger partial charge in [0.15, 0.2) is 0 Å². The molecule has 0 aliphatic carbocycles. The summed E-state index contributed by atoms with van der Waals surface area (Å²) in [6.07, 6.45) is 0.924. The van der Waals surface area contributed by atoms with Gasteiger partial charge < -0.3 is 4.98 Å². The van der Waals surface area contributed by atoms with Crippen molar-refractivity contribution in [3.05, 3.63) is 70.9 Å². The van der Waals surface area contributed by atoms with Crippen LogP contribution in [0.1, 0.15) is 11.3 Å². The highest BCUT2D eigenvalue weighted by molar-refractivity contribution is 6.31. The van der Waals surface area contributed by atoms with Crippen LogP contribution in [-0.2, 0) is 6.42 Å². The van der Waals surface area contributed by atoms with Gasteiger partial charge in [-0.2, -0.15) is 0 Å². The molecule has 3 rings (SSSR count). The molecule has 0 fully saturated rings. The summed E-state index contributed by atoms with van der Waals surface area (Å²) >= 11 is 5.97. The summed E-state index contributed by atoms with van der Waals surface area (Å²) in [5.74, 6) is 0. The lowest BCUT2D eigenvalue weighted by Gasteiger charge is -1.97. The summed E-state index contributed by atoms with van der Waals surface area (Å²) in [6, 6.07) is 18.5. The van der Waals surface area contributed by atoms with Crippen molar-refractivity contribution in [1.82, 2.24) is 4.98 Å². The number of nitrogens with one attached hydrogen (secondary N) is 1. The van der Waals surface area contributed by atoms with E-state index >= 15 is 0 Å². The van der Waals surface area contributed by atoms with Crippen LogP contribution in [0, 0.1) is 0 Å². The molecule has 0 aliphatic rings. The smallest absolute Gasteiger partial charge is 0.0457 e. The van der Waals surface area contributed by atoms with Gasteiger partial charge in [-0.3, -0.25) is 0 Å². The number of H-pyrrole nitrogens is 1. The number of hydrogen-bond acceptors (Lipinski definition) is 0. The minimum absolute atomic E-state index is 0.780.